The van der Waals surface area contributed by atoms with Crippen molar-refractivity contribution in [3.05, 3.63) is 60.2 Å². The molecule has 170 valence electrons. The lowest BCUT2D eigenvalue weighted by atomic mass is 10.1. The maximum absolute atomic E-state index is 13.8. The number of halogens is 1. The Bertz CT molecular complexity index is 1360. The number of sulfone groups is 1. The minimum Gasteiger partial charge on any atom is -0.362 e. The van der Waals surface area contributed by atoms with Crippen molar-refractivity contribution in [3.8, 4) is 12.3 Å². The second-order valence-corrected chi connectivity index (χ2v) is 10.5. The Kier molecular flexibility index (Phi) is 5.33. The number of piperazine rings is 1. The van der Waals surface area contributed by atoms with Gasteiger partial charge in [-0.3, -0.25) is 9.20 Å². The second-order valence-electron chi connectivity index (χ2n) is 8.49. The third kappa shape index (κ3) is 3.85. The molecule has 1 aromatic carbocycles. The van der Waals surface area contributed by atoms with Crippen molar-refractivity contribution in [2.75, 3.05) is 23.7 Å². The average molecular weight is 467 g/mol. The maximum Gasteiger partial charge on any atom is 0.223 e. The molecule has 5 rings (SSSR count). The van der Waals surface area contributed by atoms with Gasteiger partial charge in [0, 0.05) is 49.7 Å². The third-order valence-electron chi connectivity index (χ3n) is 6.53. The molecule has 9 heteroatoms. The Labute approximate surface area is 191 Å². The summed E-state index contributed by atoms with van der Waals surface area (Å²) in [5.74, 6) is 1.52. The first-order valence-electron chi connectivity index (χ1n) is 10.8. The van der Waals surface area contributed by atoms with E-state index in [1.807, 2.05) is 0 Å². The van der Waals surface area contributed by atoms with E-state index in [1.54, 1.807) is 41.6 Å². The molecule has 3 aromatic rings. The highest BCUT2D eigenvalue weighted by atomic mass is 32.2. The molecule has 2 aliphatic heterocycles. The average Bonchev–Trinajstić information content (AvgIpc) is 3.39. The molecule has 0 radical (unpaired) electrons. The second kappa shape index (κ2) is 8.19. The highest BCUT2D eigenvalue weighted by Gasteiger charge is 2.41. The van der Waals surface area contributed by atoms with E-state index in [4.69, 9.17) is 6.42 Å². The van der Waals surface area contributed by atoms with Crippen LogP contribution in [-0.4, -0.2) is 59.5 Å². The number of hydrogen-bond donors (Lipinski definition) is 0. The van der Waals surface area contributed by atoms with Crippen molar-refractivity contribution >= 4 is 27.1 Å². The van der Waals surface area contributed by atoms with Crippen LogP contribution in [0.25, 0.3) is 5.65 Å². The van der Waals surface area contributed by atoms with Gasteiger partial charge in [0.25, 0.3) is 0 Å². The van der Waals surface area contributed by atoms with E-state index in [0.29, 0.717) is 18.7 Å². The highest BCUT2D eigenvalue weighted by Crippen LogP contribution is 2.35. The van der Waals surface area contributed by atoms with Gasteiger partial charge in [-0.2, -0.15) is 0 Å². The molecule has 2 bridgehead atoms. The van der Waals surface area contributed by atoms with Crippen molar-refractivity contribution in [2.24, 2.45) is 0 Å². The number of fused-ring (bicyclic) bond motifs is 3. The summed E-state index contributed by atoms with van der Waals surface area (Å²) in [7, 11) is -3.66. The molecule has 0 aliphatic carbocycles. The normalized spacial score (nSPS) is 20.2. The van der Waals surface area contributed by atoms with Crippen molar-refractivity contribution in [2.45, 2.75) is 36.4 Å². The lowest BCUT2D eigenvalue weighted by molar-refractivity contribution is -0.131. The largest absolute Gasteiger partial charge is 0.362 e. The fourth-order valence-electron chi connectivity index (χ4n) is 4.97. The minimum atomic E-state index is -3.66. The van der Waals surface area contributed by atoms with Crippen LogP contribution in [0.4, 0.5) is 10.1 Å². The van der Waals surface area contributed by atoms with E-state index in [0.717, 1.165) is 18.5 Å². The molecule has 0 spiro atoms. The molecule has 2 atom stereocenters. The monoisotopic (exact) mass is 466 g/mol. The van der Waals surface area contributed by atoms with Gasteiger partial charge in [-0.25, -0.2) is 17.8 Å². The number of amides is 1. The molecule has 2 aromatic heterocycles. The fraction of sp³-hybridized carbons (Fsp3) is 0.333. The van der Waals surface area contributed by atoms with Gasteiger partial charge in [0.2, 0.25) is 5.91 Å². The smallest absolute Gasteiger partial charge is 0.223 e. The van der Waals surface area contributed by atoms with Crippen molar-refractivity contribution < 1.29 is 17.6 Å². The van der Waals surface area contributed by atoms with Crippen LogP contribution >= 0.6 is 0 Å². The van der Waals surface area contributed by atoms with Gasteiger partial charge in [0.05, 0.1) is 11.3 Å². The topological polar surface area (TPSA) is 75.0 Å². The number of terminal acetylenes is 1. The van der Waals surface area contributed by atoms with E-state index < -0.39 is 15.7 Å². The molecule has 0 N–H and O–H groups in total. The van der Waals surface area contributed by atoms with Crippen LogP contribution in [0.3, 0.4) is 0 Å². The zero-order valence-corrected chi connectivity index (χ0v) is 18.7. The van der Waals surface area contributed by atoms with Gasteiger partial charge in [0.15, 0.2) is 9.84 Å². The molecule has 2 saturated heterocycles. The molecule has 2 unspecified atom stereocenters. The van der Waals surface area contributed by atoms with E-state index in [1.165, 1.54) is 16.5 Å². The Balaban J connectivity index is 1.27. The van der Waals surface area contributed by atoms with Crippen LogP contribution in [0.5, 0.6) is 0 Å². The number of likely N-dealkylation sites (tertiary alicyclic amines) is 1. The lowest BCUT2D eigenvalue weighted by Gasteiger charge is -2.42. The van der Waals surface area contributed by atoms with Crippen LogP contribution < -0.4 is 4.90 Å². The number of nitrogens with zero attached hydrogens (tertiary/aromatic N) is 4. The van der Waals surface area contributed by atoms with E-state index >= 15 is 0 Å². The predicted molar refractivity (Wildman–Crippen MR) is 122 cm³/mol. The number of benzene rings is 1. The minimum absolute atomic E-state index is 0.0787. The highest BCUT2D eigenvalue weighted by molar-refractivity contribution is 7.91. The molecular formula is C24H23FN4O3S. The Morgan fingerprint density at radius 2 is 1.94 bits per heavy atom. The Morgan fingerprint density at radius 3 is 2.67 bits per heavy atom. The van der Waals surface area contributed by atoms with Gasteiger partial charge in [-0.05, 0) is 43.2 Å². The summed E-state index contributed by atoms with van der Waals surface area (Å²) in [6.07, 6.45) is 10.3. The SMILES string of the molecule is C#Cc1cc(N2C3CCC2CN(C(=O)CCS(=O)(=O)c2cccc4nccn24)C3)ccc1F. The number of aromatic nitrogens is 2. The van der Waals surface area contributed by atoms with Gasteiger partial charge in [0.1, 0.15) is 16.5 Å². The number of carbonyl (C=O) groups is 1. The number of imidazole rings is 1. The number of rotatable bonds is 5. The summed E-state index contributed by atoms with van der Waals surface area (Å²) in [5.41, 5.74) is 1.63. The summed E-state index contributed by atoms with van der Waals surface area (Å²) in [5, 5.41) is 0.135. The molecule has 0 saturated carbocycles. The molecular weight excluding hydrogens is 443 g/mol. The van der Waals surface area contributed by atoms with Gasteiger partial charge in [-0.1, -0.05) is 12.0 Å². The van der Waals surface area contributed by atoms with Crippen LogP contribution in [0, 0.1) is 18.2 Å². The van der Waals surface area contributed by atoms with E-state index in [-0.39, 0.29) is 40.8 Å². The summed E-state index contributed by atoms with van der Waals surface area (Å²) in [6, 6.07) is 9.89. The molecule has 33 heavy (non-hydrogen) atoms. The third-order valence-corrected chi connectivity index (χ3v) is 8.24. The molecule has 2 fully saturated rings. The molecule has 7 nitrogen and oxygen atoms in total. The van der Waals surface area contributed by atoms with Crippen molar-refractivity contribution in [3.63, 3.8) is 0 Å². The summed E-state index contributed by atoms with van der Waals surface area (Å²) >= 11 is 0. The number of anilines is 1. The van der Waals surface area contributed by atoms with Crippen LogP contribution in [0.2, 0.25) is 0 Å². The number of hydrogen-bond acceptors (Lipinski definition) is 5. The van der Waals surface area contributed by atoms with E-state index in [2.05, 4.69) is 15.8 Å². The first-order valence-corrected chi connectivity index (χ1v) is 12.5. The number of pyridine rings is 1. The van der Waals surface area contributed by atoms with Gasteiger partial charge < -0.3 is 9.80 Å². The predicted octanol–water partition coefficient (Wildman–Crippen LogP) is 2.50. The standard InChI is InChI=1S/C24H23FN4O3S/c1-2-17-14-18(8-9-21(17)25)29-19-6-7-20(29)16-27(15-19)23(30)10-13-33(31,32)24-5-3-4-22-26-11-12-28(22)24/h1,3-5,8-9,11-12,14,19-20H,6-7,10,13,15-16H2. The van der Waals surface area contributed by atoms with Crippen LogP contribution in [0.1, 0.15) is 24.8 Å². The van der Waals surface area contributed by atoms with E-state index in [9.17, 15) is 17.6 Å². The first-order chi connectivity index (χ1) is 15.9. The Hall–Kier alpha value is -3.38. The first kappa shape index (κ1) is 21.5. The van der Waals surface area contributed by atoms with Crippen LogP contribution in [0.15, 0.2) is 53.8 Å². The summed E-state index contributed by atoms with van der Waals surface area (Å²) in [4.78, 5) is 21.0. The molecule has 2 aliphatic rings. The lowest BCUT2D eigenvalue weighted by Crippen LogP contribution is -2.55. The summed E-state index contributed by atoms with van der Waals surface area (Å²) in [6.45, 7) is 1.02. The zero-order chi connectivity index (χ0) is 23.2. The van der Waals surface area contributed by atoms with Crippen LogP contribution in [-0.2, 0) is 14.6 Å². The van der Waals surface area contributed by atoms with Crippen molar-refractivity contribution in [1.29, 1.82) is 0 Å². The van der Waals surface area contributed by atoms with Crippen molar-refractivity contribution in [1.82, 2.24) is 14.3 Å². The maximum atomic E-state index is 13.8. The fourth-order valence-corrected chi connectivity index (χ4v) is 6.36. The number of carbonyl (C=O) groups excluding carboxylic acids is 1. The van der Waals surface area contributed by atoms with Gasteiger partial charge >= 0.3 is 0 Å². The zero-order valence-electron chi connectivity index (χ0n) is 17.9. The van der Waals surface area contributed by atoms with Gasteiger partial charge in [-0.15, -0.1) is 6.42 Å². The molecule has 1 amide bonds. The Morgan fingerprint density at radius 1 is 1.18 bits per heavy atom. The quantitative estimate of drug-likeness (QED) is 0.540. The summed E-state index contributed by atoms with van der Waals surface area (Å²) < 4.78 is 41.2. The molecule has 4 heterocycles.